The van der Waals surface area contributed by atoms with Gasteiger partial charge in [0.05, 0.1) is 0 Å². The summed E-state index contributed by atoms with van der Waals surface area (Å²) in [4.78, 5) is 11.0. The van der Waals surface area contributed by atoms with Gasteiger partial charge in [0.1, 0.15) is 5.54 Å². The van der Waals surface area contributed by atoms with Crippen LogP contribution in [0.1, 0.15) is 39.0 Å². The zero-order valence-electron chi connectivity index (χ0n) is 7.60. The molecule has 1 atom stereocenters. The van der Waals surface area contributed by atoms with Crippen molar-refractivity contribution >= 4 is 5.97 Å². The van der Waals surface area contributed by atoms with Gasteiger partial charge in [0.2, 0.25) is 0 Å². The molecule has 0 amide bonds. The van der Waals surface area contributed by atoms with Crippen LogP contribution in [0.5, 0.6) is 0 Å². The van der Waals surface area contributed by atoms with Gasteiger partial charge in [-0.2, -0.15) is 0 Å². The average Bonchev–Trinajstić information content (AvgIpc) is 2.06. The molecule has 0 radical (unpaired) electrons. The number of hydrogen-bond donors (Lipinski definition) is 2. The summed E-state index contributed by atoms with van der Waals surface area (Å²) in [6.07, 6.45) is 4.62. The summed E-state index contributed by atoms with van der Waals surface area (Å²) < 4.78 is 0. The molecule has 0 aromatic rings. The van der Waals surface area contributed by atoms with Gasteiger partial charge in [0, 0.05) is 0 Å². The van der Waals surface area contributed by atoms with Gasteiger partial charge in [-0.15, -0.1) is 0 Å². The quantitative estimate of drug-likeness (QED) is 0.674. The van der Waals surface area contributed by atoms with Crippen molar-refractivity contribution in [3.05, 3.63) is 0 Å². The smallest absolute Gasteiger partial charge is 0.323 e. The van der Waals surface area contributed by atoms with Gasteiger partial charge in [-0.3, -0.25) is 4.79 Å². The highest BCUT2D eigenvalue weighted by Crippen LogP contribution is 2.24. The topological polar surface area (TPSA) is 49.3 Å². The zero-order chi connectivity index (χ0) is 9.03. The molecule has 12 heavy (non-hydrogen) atoms. The Labute approximate surface area is 73.2 Å². The van der Waals surface area contributed by atoms with E-state index in [1.165, 1.54) is 0 Å². The van der Waals surface area contributed by atoms with Crippen LogP contribution in [0.2, 0.25) is 0 Å². The number of hydrogen-bond acceptors (Lipinski definition) is 2. The maximum Gasteiger partial charge on any atom is 0.323 e. The lowest BCUT2D eigenvalue weighted by Crippen LogP contribution is -2.54. The predicted molar refractivity (Wildman–Crippen MR) is 47.1 cm³/mol. The first kappa shape index (κ1) is 9.52. The maximum absolute atomic E-state index is 11.0. The fourth-order valence-electron chi connectivity index (χ4n) is 1.90. The van der Waals surface area contributed by atoms with E-state index in [1.54, 1.807) is 0 Å². The zero-order valence-corrected chi connectivity index (χ0v) is 7.60. The summed E-state index contributed by atoms with van der Waals surface area (Å²) in [5.41, 5.74) is -0.604. The van der Waals surface area contributed by atoms with E-state index in [0.29, 0.717) is 0 Å². The molecule has 0 unspecified atom stereocenters. The molecule has 0 saturated carbocycles. The van der Waals surface area contributed by atoms with Crippen LogP contribution in [0.4, 0.5) is 0 Å². The summed E-state index contributed by atoms with van der Waals surface area (Å²) in [5.74, 6) is -0.677. The number of rotatable bonds is 3. The Morgan fingerprint density at radius 1 is 1.58 bits per heavy atom. The second-order valence-electron chi connectivity index (χ2n) is 3.52. The third kappa shape index (κ3) is 1.78. The van der Waals surface area contributed by atoms with Crippen molar-refractivity contribution in [3.8, 4) is 0 Å². The van der Waals surface area contributed by atoms with Crippen LogP contribution in [-0.4, -0.2) is 23.2 Å². The van der Waals surface area contributed by atoms with Crippen LogP contribution >= 0.6 is 0 Å². The summed E-state index contributed by atoms with van der Waals surface area (Å²) in [7, 11) is 0. The maximum atomic E-state index is 11.0. The Hall–Kier alpha value is -0.570. The van der Waals surface area contributed by atoms with Crippen molar-refractivity contribution in [2.24, 2.45) is 0 Å². The van der Waals surface area contributed by atoms with Crippen molar-refractivity contribution in [2.75, 3.05) is 6.54 Å². The molecule has 1 aliphatic heterocycles. The molecule has 1 heterocycles. The number of carboxylic acid groups (broad SMARTS) is 1. The molecule has 70 valence electrons. The summed E-state index contributed by atoms with van der Waals surface area (Å²) >= 11 is 0. The van der Waals surface area contributed by atoms with Gasteiger partial charge in [-0.25, -0.2) is 0 Å². The minimum atomic E-state index is -0.677. The largest absolute Gasteiger partial charge is 0.480 e. The van der Waals surface area contributed by atoms with E-state index in [-0.39, 0.29) is 0 Å². The number of piperidine rings is 1. The molecule has 0 bridgehead atoms. The van der Waals surface area contributed by atoms with Gasteiger partial charge in [-0.1, -0.05) is 13.3 Å². The molecule has 0 aromatic heterocycles. The average molecular weight is 171 g/mol. The van der Waals surface area contributed by atoms with Crippen LogP contribution in [0, 0.1) is 0 Å². The number of nitrogens with one attached hydrogen (secondary N) is 1. The van der Waals surface area contributed by atoms with E-state index in [1.807, 2.05) is 6.92 Å². The van der Waals surface area contributed by atoms with Crippen LogP contribution in [0.15, 0.2) is 0 Å². The van der Waals surface area contributed by atoms with Crippen molar-refractivity contribution in [1.29, 1.82) is 0 Å². The van der Waals surface area contributed by atoms with Crippen LogP contribution in [0.25, 0.3) is 0 Å². The van der Waals surface area contributed by atoms with E-state index in [4.69, 9.17) is 5.11 Å². The third-order valence-corrected chi connectivity index (χ3v) is 2.58. The fourth-order valence-corrected chi connectivity index (χ4v) is 1.90. The molecule has 3 nitrogen and oxygen atoms in total. The molecule has 1 saturated heterocycles. The van der Waals surface area contributed by atoms with Gasteiger partial charge in [0.15, 0.2) is 0 Å². The monoisotopic (exact) mass is 171 g/mol. The molecule has 0 aromatic carbocycles. The lowest BCUT2D eigenvalue weighted by Gasteiger charge is -2.34. The molecule has 1 rings (SSSR count). The van der Waals surface area contributed by atoms with E-state index in [9.17, 15) is 4.79 Å². The highest BCUT2D eigenvalue weighted by atomic mass is 16.4. The van der Waals surface area contributed by atoms with E-state index in [0.717, 1.165) is 38.6 Å². The van der Waals surface area contributed by atoms with Crippen molar-refractivity contribution < 1.29 is 9.90 Å². The van der Waals surface area contributed by atoms with Gasteiger partial charge < -0.3 is 10.4 Å². The van der Waals surface area contributed by atoms with Gasteiger partial charge >= 0.3 is 5.97 Å². The summed E-state index contributed by atoms with van der Waals surface area (Å²) in [6, 6.07) is 0. The van der Waals surface area contributed by atoms with Crippen molar-refractivity contribution in [3.63, 3.8) is 0 Å². The number of carbonyl (C=O) groups is 1. The van der Waals surface area contributed by atoms with E-state index in [2.05, 4.69) is 5.32 Å². The van der Waals surface area contributed by atoms with E-state index < -0.39 is 11.5 Å². The Morgan fingerprint density at radius 2 is 2.33 bits per heavy atom. The summed E-state index contributed by atoms with van der Waals surface area (Å²) in [5, 5.41) is 12.2. The Bertz CT molecular complexity index is 156. The fraction of sp³-hybridized carbons (Fsp3) is 0.889. The first-order valence-electron chi connectivity index (χ1n) is 4.70. The van der Waals surface area contributed by atoms with Gasteiger partial charge in [-0.05, 0) is 32.2 Å². The molecular formula is C9H17NO2. The second kappa shape index (κ2) is 3.90. The molecule has 3 heteroatoms. The Kier molecular flexibility index (Phi) is 3.09. The number of aliphatic carboxylic acids is 1. The first-order valence-corrected chi connectivity index (χ1v) is 4.70. The van der Waals surface area contributed by atoms with E-state index >= 15 is 0 Å². The molecule has 0 spiro atoms. The van der Waals surface area contributed by atoms with Gasteiger partial charge in [0.25, 0.3) is 0 Å². The molecule has 0 aliphatic carbocycles. The lowest BCUT2D eigenvalue weighted by molar-refractivity contribution is -0.146. The molecule has 2 N–H and O–H groups in total. The minimum Gasteiger partial charge on any atom is -0.480 e. The predicted octanol–water partition coefficient (Wildman–Crippen LogP) is 1.38. The highest BCUT2D eigenvalue weighted by molar-refractivity contribution is 5.78. The third-order valence-electron chi connectivity index (χ3n) is 2.58. The second-order valence-corrected chi connectivity index (χ2v) is 3.52. The van der Waals surface area contributed by atoms with Crippen molar-refractivity contribution in [1.82, 2.24) is 5.32 Å². The summed E-state index contributed by atoms with van der Waals surface area (Å²) in [6.45, 7) is 2.88. The number of carboxylic acids is 1. The van der Waals surface area contributed by atoms with Crippen LogP contribution in [0.3, 0.4) is 0 Å². The SMILES string of the molecule is CCC[C@]1(C(=O)O)CCCCN1. The van der Waals surface area contributed by atoms with Crippen LogP contribution < -0.4 is 5.32 Å². The molecule has 1 fully saturated rings. The van der Waals surface area contributed by atoms with Crippen LogP contribution in [-0.2, 0) is 4.79 Å². The molecular weight excluding hydrogens is 154 g/mol. The standard InChI is InChI=1S/C9H17NO2/c1-2-5-9(8(11)12)6-3-4-7-10-9/h10H,2-7H2,1H3,(H,11,12)/t9-/m1/s1. The normalized spacial score (nSPS) is 30.1. The first-order chi connectivity index (χ1) is 5.71. The lowest BCUT2D eigenvalue weighted by atomic mass is 9.85. The van der Waals surface area contributed by atoms with Crippen molar-refractivity contribution in [2.45, 2.75) is 44.6 Å². The molecule has 1 aliphatic rings. The Morgan fingerprint density at radius 3 is 2.75 bits per heavy atom. The minimum absolute atomic E-state index is 0.604. The Balaban J connectivity index is 2.63. The highest BCUT2D eigenvalue weighted by Gasteiger charge is 2.38.